The van der Waals surface area contributed by atoms with Gasteiger partial charge in [0.1, 0.15) is 17.2 Å². The van der Waals surface area contributed by atoms with Crippen LogP contribution in [0, 0.1) is 13.8 Å². The molecule has 35 heavy (non-hydrogen) atoms. The number of hydrogen-bond acceptors (Lipinski definition) is 5. The number of ketones is 1. The number of nitrogens with zero attached hydrogens (tertiary/aromatic N) is 1. The number of allylic oxidation sites excluding steroid dienone is 1. The van der Waals surface area contributed by atoms with Crippen molar-refractivity contribution in [3.63, 3.8) is 0 Å². The lowest BCUT2D eigenvalue weighted by Crippen LogP contribution is -2.09. The van der Waals surface area contributed by atoms with E-state index in [1.807, 2.05) is 43.5 Å². The fraction of sp³-hybridized carbons (Fsp3) is 0.172. The molecule has 1 aliphatic heterocycles. The molecule has 0 N–H and O–H groups in total. The van der Waals surface area contributed by atoms with Crippen molar-refractivity contribution in [3.05, 3.63) is 94.4 Å². The van der Waals surface area contributed by atoms with Crippen LogP contribution < -0.4 is 14.2 Å². The topological polar surface area (TPSA) is 66.8 Å². The quantitative estimate of drug-likeness (QED) is 0.201. The number of ether oxygens (including phenoxy) is 3. The Labute approximate surface area is 203 Å². The number of hydrogen-bond donors (Lipinski definition) is 0. The zero-order chi connectivity index (χ0) is 24.7. The van der Waals surface area contributed by atoms with Crippen LogP contribution >= 0.6 is 0 Å². The molecule has 176 valence electrons. The molecule has 1 aromatic heterocycles. The Morgan fingerprint density at radius 2 is 1.83 bits per heavy atom. The normalized spacial score (nSPS) is 13.7. The molecule has 0 spiro atoms. The summed E-state index contributed by atoms with van der Waals surface area (Å²) in [5.41, 5.74) is 4.46. The number of aromatic nitrogens is 1. The van der Waals surface area contributed by atoms with Crippen LogP contribution in [-0.4, -0.2) is 23.4 Å². The summed E-state index contributed by atoms with van der Waals surface area (Å²) >= 11 is 0. The van der Waals surface area contributed by atoms with Crippen LogP contribution in [0.15, 0.2) is 66.6 Å². The number of methoxy groups -OCH3 is 1. The van der Waals surface area contributed by atoms with E-state index in [-0.39, 0.29) is 11.5 Å². The molecule has 0 amide bonds. The van der Waals surface area contributed by atoms with E-state index in [1.165, 1.54) is 0 Å². The van der Waals surface area contributed by atoms with Gasteiger partial charge in [-0.1, -0.05) is 17.7 Å². The molecule has 0 bridgehead atoms. The van der Waals surface area contributed by atoms with Gasteiger partial charge in [-0.2, -0.15) is 0 Å². The summed E-state index contributed by atoms with van der Waals surface area (Å²) in [7, 11) is 1.63. The van der Waals surface area contributed by atoms with Gasteiger partial charge < -0.3 is 18.8 Å². The van der Waals surface area contributed by atoms with Gasteiger partial charge in [0, 0.05) is 34.8 Å². The molecular weight excluding hydrogens is 442 g/mol. The first-order valence-corrected chi connectivity index (χ1v) is 11.4. The van der Waals surface area contributed by atoms with Crippen LogP contribution in [0.2, 0.25) is 0 Å². The smallest absolute Gasteiger partial charge is 0.343 e. The van der Waals surface area contributed by atoms with Crippen molar-refractivity contribution < 1.29 is 23.8 Å². The second-order valence-corrected chi connectivity index (χ2v) is 8.51. The first-order chi connectivity index (χ1) is 16.9. The molecule has 2 heterocycles. The Balaban J connectivity index is 1.47. The average Bonchev–Trinajstić information content (AvgIpc) is 3.38. The first kappa shape index (κ1) is 22.5. The molecule has 0 aliphatic carbocycles. The van der Waals surface area contributed by atoms with Gasteiger partial charge in [-0.3, -0.25) is 4.79 Å². The third-order valence-electron chi connectivity index (χ3n) is 6.27. The highest BCUT2D eigenvalue weighted by molar-refractivity contribution is 6.15. The van der Waals surface area contributed by atoms with Gasteiger partial charge in [0.15, 0.2) is 5.76 Å². The number of esters is 1. The lowest BCUT2D eigenvalue weighted by atomic mass is 10.1. The van der Waals surface area contributed by atoms with Gasteiger partial charge in [-0.05, 0) is 69.3 Å². The number of Topliss-reactive ketones (excluding diaryl/α,β-unsaturated/α-hetero) is 1. The molecule has 0 saturated carbocycles. The van der Waals surface area contributed by atoms with E-state index in [0.29, 0.717) is 28.2 Å². The van der Waals surface area contributed by atoms with Gasteiger partial charge >= 0.3 is 5.97 Å². The number of carbonyl (C=O) groups is 2. The summed E-state index contributed by atoms with van der Waals surface area (Å²) in [4.78, 5) is 25.7. The Hall–Kier alpha value is -4.32. The largest absolute Gasteiger partial charge is 0.497 e. The standard InChI is InChI=1S/C29H25NO5/c1-5-30-16-20(23-15-21(33-4)10-12-24(23)30)14-26-27(31)22-11-13-25(18(3)28(22)34-26)35-29(32)19-8-6-17(2)7-9-19/h6-16H,5H2,1-4H3. The third-order valence-corrected chi connectivity index (χ3v) is 6.27. The number of rotatable bonds is 5. The van der Waals surface area contributed by atoms with Crippen molar-refractivity contribution in [2.24, 2.45) is 0 Å². The maximum Gasteiger partial charge on any atom is 0.343 e. The second kappa shape index (κ2) is 8.80. The Morgan fingerprint density at radius 3 is 2.54 bits per heavy atom. The maximum absolute atomic E-state index is 13.1. The fourth-order valence-electron chi connectivity index (χ4n) is 4.28. The summed E-state index contributed by atoms with van der Waals surface area (Å²) in [5, 5.41) is 0.968. The van der Waals surface area contributed by atoms with Gasteiger partial charge in [-0.25, -0.2) is 4.79 Å². The van der Waals surface area contributed by atoms with Crippen LogP contribution in [0.3, 0.4) is 0 Å². The van der Waals surface area contributed by atoms with E-state index in [4.69, 9.17) is 14.2 Å². The zero-order valence-corrected chi connectivity index (χ0v) is 20.0. The maximum atomic E-state index is 13.1. The van der Waals surface area contributed by atoms with E-state index in [1.54, 1.807) is 44.4 Å². The molecule has 6 heteroatoms. The monoisotopic (exact) mass is 467 g/mol. The summed E-state index contributed by atoms with van der Waals surface area (Å²) in [6.07, 6.45) is 3.76. The average molecular weight is 468 g/mol. The lowest BCUT2D eigenvalue weighted by molar-refractivity contribution is 0.0733. The number of carbonyl (C=O) groups excluding carboxylic acids is 2. The first-order valence-electron chi connectivity index (χ1n) is 11.4. The van der Waals surface area contributed by atoms with Gasteiger partial charge in [0.2, 0.25) is 5.78 Å². The van der Waals surface area contributed by atoms with E-state index in [2.05, 4.69) is 11.5 Å². The van der Waals surface area contributed by atoms with Crippen molar-refractivity contribution >= 4 is 28.7 Å². The molecule has 0 unspecified atom stereocenters. The van der Waals surface area contributed by atoms with Crippen molar-refractivity contribution in [1.29, 1.82) is 0 Å². The Kier molecular flexibility index (Phi) is 5.65. The number of benzene rings is 3. The molecule has 3 aromatic carbocycles. The van der Waals surface area contributed by atoms with Gasteiger partial charge in [0.05, 0.1) is 18.2 Å². The highest BCUT2D eigenvalue weighted by Crippen LogP contribution is 2.40. The van der Waals surface area contributed by atoms with E-state index in [9.17, 15) is 9.59 Å². The fourth-order valence-corrected chi connectivity index (χ4v) is 4.28. The number of aryl methyl sites for hydroxylation is 2. The van der Waals surface area contributed by atoms with E-state index >= 15 is 0 Å². The summed E-state index contributed by atoms with van der Waals surface area (Å²) in [5.74, 6) is 1.06. The molecule has 0 saturated heterocycles. The molecular formula is C29H25NO5. The molecule has 1 aliphatic rings. The SMILES string of the molecule is CCn1cc(C=C2Oc3c(ccc(OC(=O)c4ccc(C)cc4)c3C)C2=O)c2cc(OC)ccc21. The zero-order valence-electron chi connectivity index (χ0n) is 20.0. The van der Waals surface area contributed by atoms with Crippen molar-refractivity contribution in [2.45, 2.75) is 27.3 Å². The van der Waals surface area contributed by atoms with Crippen LogP contribution in [0.25, 0.3) is 17.0 Å². The highest BCUT2D eigenvalue weighted by atomic mass is 16.5. The van der Waals surface area contributed by atoms with Crippen LogP contribution in [-0.2, 0) is 6.54 Å². The molecule has 4 aromatic rings. The van der Waals surface area contributed by atoms with Crippen LogP contribution in [0.4, 0.5) is 0 Å². The minimum Gasteiger partial charge on any atom is -0.497 e. The van der Waals surface area contributed by atoms with Crippen LogP contribution in [0.5, 0.6) is 17.2 Å². The minimum absolute atomic E-state index is 0.209. The summed E-state index contributed by atoms with van der Waals surface area (Å²) in [6.45, 7) is 6.59. The predicted molar refractivity (Wildman–Crippen MR) is 134 cm³/mol. The number of fused-ring (bicyclic) bond motifs is 2. The minimum atomic E-state index is -0.463. The summed E-state index contributed by atoms with van der Waals surface area (Å²) in [6, 6.07) is 16.3. The summed E-state index contributed by atoms with van der Waals surface area (Å²) < 4.78 is 19.1. The molecule has 0 radical (unpaired) electrons. The lowest BCUT2D eigenvalue weighted by Gasteiger charge is -2.10. The van der Waals surface area contributed by atoms with Gasteiger partial charge in [0.25, 0.3) is 0 Å². The van der Waals surface area contributed by atoms with E-state index in [0.717, 1.165) is 34.3 Å². The predicted octanol–water partition coefficient (Wildman–Crippen LogP) is 6.12. The van der Waals surface area contributed by atoms with Crippen molar-refractivity contribution in [2.75, 3.05) is 7.11 Å². The molecule has 5 rings (SSSR count). The van der Waals surface area contributed by atoms with Crippen molar-refractivity contribution in [3.8, 4) is 17.2 Å². The van der Waals surface area contributed by atoms with Crippen LogP contribution in [0.1, 0.15) is 44.3 Å². The van der Waals surface area contributed by atoms with E-state index < -0.39 is 5.97 Å². The van der Waals surface area contributed by atoms with Gasteiger partial charge in [-0.15, -0.1) is 0 Å². The highest BCUT2D eigenvalue weighted by Gasteiger charge is 2.31. The molecule has 0 fully saturated rings. The Morgan fingerprint density at radius 1 is 1.06 bits per heavy atom. The molecule has 6 nitrogen and oxygen atoms in total. The second-order valence-electron chi connectivity index (χ2n) is 8.51. The third kappa shape index (κ3) is 3.97. The molecule has 0 atom stereocenters. The Bertz CT molecular complexity index is 1510. The van der Waals surface area contributed by atoms with Crippen molar-refractivity contribution in [1.82, 2.24) is 4.57 Å².